The summed E-state index contributed by atoms with van der Waals surface area (Å²) in [4.78, 5) is 24.7. The molecular formula is C22H27BrN2O4. The molecule has 2 aromatic rings. The fourth-order valence-corrected chi connectivity index (χ4v) is 3.14. The third-order valence-electron chi connectivity index (χ3n) is 4.24. The maximum atomic E-state index is 12.4. The largest absolute Gasteiger partial charge is 0.483 e. The average molecular weight is 463 g/mol. The molecule has 156 valence electrons. The van der Waals surface area contributed by atoms with E-state index in [4.69, 9.17) is 9.47 Å². The quantitative estimate of drug-likeness (QED) is 0.514. The van der Waals surface area contributed by atoms with E-state index in [0.29, 0.717) is 36.1 Å². The van der Waals surface area contributed by atoms with E-state index in [9.17, 15) is 9.59 Å². The lowest BCUT2D eigenvalue weighted by Crippen LogP contribution is -2.27. The molecule has 0 unspecified atom stereocenters. The van der Waals surface area contributed by atoms with Crippen LogP contribution in [0.1, 0.15) is 42.1 Å². The number of halogens is 1. The summed E-state index contributed by atoms with van der Waals surface area (Å²) in [5, 5.41) is 5.57. The number of methoxy groups -OCH3 is 1. The second-order valence-corrected chi connectivity index (χ2v) is 7.68. The number of para-hydroxylation sites is 1. The van der Waals surface area contributed by atoms with Gasteiger partial charge in [-0.3, -0.25) is 9.59 Å². The first-order valence-electron chi connectivity index (χ1n) is 9.50. The Morgan fingerprint density at radius 2 is 1.90 bits per heavy atom. The zero-order valence-corrected chi connectivity index (χ0v) is 18.5. The molecule has 2 aromatic carbocycles. The molecule has 0 saturated heterocycles. The number of nitrogens with one attached hydrogen (secondary N) is 2. The second-order valence-electron chi connectivity index (χ2n) is 6.83. The summed E-state index contributed by atoms with van der Waals surface area (Å²) in [5.74, 6) is 0.406. The van der Waals surface area contributed by atoms with E-state index in [2.05, 4.69) is 40.4 Å². The van der Waals surface area contributed by atoms with Crippen molar-refractivity contribution in [3.8, 4) is 5.75 Å². The van der Waals surface area contributed by atoms with E-state index in [0.717, 1.165) is 10.9 Å². The molecule has 0 aliphatic rings. The summed E-state index contributed by atoms with van der Waals surface area (Å²) in [6.07, 6.45) is 0.717. The van der Waals surface area contributed by atoms with E-state index < -0.39 is 0 Å². The van der Waals surface area contributed by atoms with Crippen molar-refractivity contribution in [2.75, 3.05) is 32.2 Å². The zero-order valence-electron chi connectivity index (χ0n) is 17.0. The van der Waals surface area contributed by atoms with Crippen LogP contribution in [0.5, 0.6) is 5.75 Å². The van der Waals surface area contributed by atoms with Crippen LogP contribution in [0.25, 0.3) is 0 Å². The van der Waals surface area contributed by atoms with Crippen LogP contribution >= 0.6 is 15.9 Å². The Kier molecular flexibility index (Phi) is 9.15. The molecule has 0 aromatic heterocycles. The fourth-order valence-electron chi connectivity index (χ4n) is 2.63. The van der Waals surface area contributed by atoms with Crippen LogP contribution in [0.3, 0.4) is 0 Å². The molecule has 29 heavy (non-hydrogen) atoms. The molecule has 0 spiro atoms. The Morgan fingerprint density at radius 3 is 2.59 bits per heavy atom. The summed E-state index contributed by atoms with van der Waals surface area (Å²) in [6, 6.07) is 12.7. The van der Waals surface area contributed by atoms with Gasteiger partial charge in [-0.15, -0.1) is 0 Å². The summed E-state index contributed by atoms with van der Waals surface area (Å²) in [6.45, 7) is 5.13. The van der Waals surface area contributed by atoms with Crippen LogP contribution < -0.4 is 15.4 Å². The topological polar surface area (TPSA) is 76.7 Å². The maximum absolute atomic E-state index is 12.4. The van der Waals surface area contributed by atoms with Crippen molar-refractivity contribution >= 4 is 33.4 Å². The average Bonchev–Trinajstić information content (AvgIpc) is 2.70. The first-order valence-corrected chi connectivity index (χ1v) is 10.3. The summed E-state index contributed by atoms with van der Waals surface area (Å²) in [5.41, 5.74) is 2.03. The maximum Gasteiger partial charge on any atom is 0.262 e. The van der Waals surface area contributed by atoms with Gasteiger partial charge in [0.05, 0.1) is 15.7 Å². The van der Waals surface area contributed by atoms with Gasteiger partial charge in [-0.2, -0.15) is 0 Å². The lowest BCUT2D eigenvalue weighted by Gasteiger charge is -2.13. The Labute approximate surface area is 180 Å². The summed E-state index contributed by atoms with van der Waals surface area (Å²) in [7, 11) is 1.62. The molecular weight excluding hydrogens is 436 g/mol. The van der Waals surface area contributed by atoms with Gasteiger partial charge in [0.1, 0.15) is 5.75 Å². The Balaban J connectivity index is 1.95. The smallest absolute Gasteiger partial charge is 0.262 e. The van der Waals surface area contributed by atoms with Crippen molar-refractivity contribution in [1.29, 1.82) is 0 Å². The number of hydrogen-bond donors (Lipinski definition) is 2. The molecule has 0 aliphatic carbocycles. The molecule has 6 nitrogen and oxygen atoms in total. The normalized spacial score (nSPS) is 10.7. The summed E-state index contributed by atoms with van der Waals surface area (Å²) >= 11 is 3.48. The third kappa shape index (κ3) is 7.18. The van der Waals surface area contributed by atoms with Crippen LogP contribution in [0.2, 0.25) is 0 Å². The first kappa shape index (κ1) is 22.9. The molecule has 0 saturated carbocycles. The van der Waals surface area contributed by atoms with Crippen molar-refractivity contribution in [2.45, 2.75) is 26.2 Å². The van der Waals surface area contributed by atoms with Crippen molar-refractivity contribution in [2.24, 2.45) is 0 Å². The number of benzene rings is 2. The molecule has 2 N–H and O–H groups in total. The number of carbonyl (C=O) groups is 2. The van der Waals surface area contributed by atoms with Gasteiger partial charge >= 0.3 is 0 Å². The number of carbonyl (C=O) groups excluding carboxylic acids is 2. The van der Waals surface area contributed by atoms with E-state index in [-0.39, 0.29) is 18.4 Å². The molecule has 0 radical (unpaired) electrons. The molecule has 0 fully saturated rings. The minimum Gasteiger partial charge on any atom is -0.483 e. The monoisotopic (exact) mass is 462 g/mol. The van der Waals surface area contributed by atoms with Gasteiger partial charge in [0.25, 0.3) is 11.8 Å². The van der Waals surface area contributed by atoms with Crippen molar-refractivity contribution < 1.29 is 19.1 Å². The number of rotatable bonds is 10. The van der Waals surface area contributed by atoms with Crippen LogP contribution in [0.15, 0.2) is 46.9 Å². The number of anilines is 1. The minimum absolute atomic E-state index is 0.163. The van der Waals surface area contributed by atoms with Crippen LogP contribution in [0.4, 0.5) is 5.69 Å². The SMILES string of the molecule is COCCCNC(=O)c1ccccc1NC(=O)COc1ccc(C(C)C)cc1Br. The minimum atomic E-state index is -0.343. The first-order chi connectivity index (χ1) is 13.9. The lowest BCUT2D eigenvalue weighted by molar-refractivity contribution is -0.118. The van der Waals surface area contributed by atoms with Crippen LogP contribution in [0, 0.1) is 0 Å². The summed E-state index contributed by atoms with van der Waals surface area (Å²) < 4.78 is 11.4. The highest BCUT2D eigenvalue weighted by molar-refractivity contribution is 9.10. The second kappa shape index (κ2) is 11.6. The van der Waals surface area contributed by atoms with Gasteiger partial charge in [-0.05, 0) is 58.1 Å². The van der Waals surface area contributed by atoms with Gasteiger partial charge in [-0.1, -0.05) is 32.0 Å². The van der Waals surface area contributed by atoms with Crippen molar-refractivity contribution in [1.82, 2.24) is 5.32 Å². The Hall–Kier alpha value is -2.38. The molecule has 0 bridgehead atoms. The Bertz CT molecular complexity index is 839. The molecule has 0 atom stereocenters. The Morgan fingerprint density at radius 1 is 1.14 bits per heavy atom. The molecule has 7 heteroatoms. The van der Waals surface area contributed by atoms with Gasteiger partial charge in [0.15, 0.2) is 6.61 Å². The van der Waals surface area contributed by atoms with Crippen molar-refractivity contribution in [3.05, 3.63) is 58.1 Å². The molecule has 2 amide bonds. The van der Waals surface area contributed by atoms with Crippen LogP contribution in [-0.4, -0.2) is 38.7 Å². The van der Waals surface area contributed by atoms with Gasteiger partial charge < -0.3 is 20.1 Å². The van der Waals surface area contributed by atoms with E-state index >= 15 is 0 Å². The van der Waals surface area contributed by atoms with Crippen molar-refractivity contribution in [3.63, 3.8) is 0 Å². The highest BCUT2D eigenvalue weighted by Crippen LogP contribution is 2.29. The number of amides is 2. The van der Waals surface area contributed by atoms with Gasteiger partial charge in [0, 0.05) is 20.3 Å². The van der Waals surface area contributed by atoms with E-state index in [1.165, 1.54) is 5.56 Å². The molecule has 2 rings (SSSR count). The molecule has 0 aliphatic heterocycles. The molecule has 0 heterocycles. The predicted molar refractivity (Wildman–Crippen MR) is 118 cm³/mol. The predicted octanol–water partition coefficient (Wildman–Crippen LogP) is 4.36. The van der Waals surface area contributed by atoms with Gasteiger partial charge in [0.2, 0.25) is 0 Å². The van der Waals surface area contributed by atoms with Crippen LogP contribution in [-0.2, 0) is 9.53 Å². The van der Waals surface area contributed by atoms with Gasteiger partial charge in [-0.25, -0.2) is 0 Å². The highest BCUT2D eigenvalue weighted by atomic mass is 79.9. The third-order valence-corrected chi connectivity index (χ3v) is 4.86. The highest BCUT2D eigenvalue weighted by Gasteiger charge is 2.14. The standard InChI is InChI=1S/C22H27BrN2O4/c1-15(2)16-9-10-20(18(23)13-16)29-14-21(26)25-19-8-5-4-7-17(19)22(27)24-11-6-12-28-3/h4-5,7-10,13,15H,6,11-12,14H2,1-3H3,(H,24,27)(H,25,26). The fraction of sp³-hybridized carbons (Fsp3) is 0.364. The number of ether oxygens (including phenoxy) is 2. The van der Waals surface area contributed by atoms with E-state index in [1.54, 1.807) is 31.4 Å². The lowest BCUT2D eigenvalue weighted by atomic mass is 10.0. The van der Waals surface area contributed by atoms with E-state index in [1.807, 2.05) is 18.2 Å². The number of hydrogen-bond acceptors (Lipinski definition) is 4. The zero-order chi connectivity index (χ0) is 21.2.